The molecule has 1 N–H and O–H groups in total. The predicted octanol–water partition coefficient (Wildman–Crippen LogP) is 7.96. The molecule has 0 spiro atoms. The third-order valence-corrected chi connectivity index (χ3v) is 8.64. The Balaban J connectivity index is 1.56. The van der Waals surface area contributed by atoms with E-state index in [-0.39, 0.29) is 23.6 Å². The van der Waals surface area contributed by atoms with E-state index >= 15 is 0 Å². The lowest BCUT2D eigenvalue weighted by Gasteiger charge is -2.50. The van der Waals surface area contributed by atoms with Gasteiger partial charge in [-0.2, -0.15) is 26.3 Å². The maximum Gasteiger partial charge on any atom is 0.416 e. The number of ether oxygens (including phenoxy) is 1. The Kier molecular flexibility index (Phi) is 7.76. The summed E-state index contributed by atoms with van der Waals surface area (Å²) in [6, 6.07) is 21.1. The Bertz CT molecular complexity index is 1300. The molecule has 9 heteroatoms. The van der Waals surface area contributed by atoms with Crippen molar-refractivity contribution in [3.8, 4) is 0 Å². The summed E-state index contributed by atoms with van der Waals surface area (Å²) in [6.07, 6.45) is -8.67. The van der Waals surface area contributed by atoms with Crippen LogP contribution in [0, 0.1) is 5.92 Å². The van der Waals surface area contributed by atoms with Crippen molar-refractivity contribution in [1.29, 1.82) is 0 Å². The molecule has 3 nitrogen and oxygen atoms in total. The van der Waals surface area contributed by atoms with E-state index in [0.29, 0.717) is 25.8 Å². The second-order valence-electron chi connectivity index (χ2n) is 11.7. The zero-order chi connectivity index (χ0) is 29.6. The molecule has 0 amide bonds. The van der Waals surface area contributed by atoms with Crippen LogP contribution in [0.3, 0.4) is 0 Å². The Hall–Kier alpha value is -2.88. The summed E-state index contributed by atoms with van der Waals surface area (Å²) in [5.74, 6) is -0.134. The van der Waals surface area contributed by atoms with Crippen molar-refractivity contribution >= 4 is 0 Å². The quantitative estimate of drug-likeness (QED) is 0.289. The Morgan fingerprint density at radius 2 is 1.37 bits per heavy atom. The highest BCUT2D eigenvalue weighted by Gasteiger charge is 2.62. The number of aliphatic hydroxyl groups is 1. The number of hydrogen-bond acceptors (Lipinski definition) is 3. The van der Waals surface area contributed by atoms with Crippen LogP contribution in [0.1, 0.15) is 60.9 Å². The van der Waals surface area contributed by atoms with Crippen LogP contribution in [0.2, 0.25) is 0 Å². The van der Waals surface area contributed by atoms with Crippen molar-refractivity contribution in [2.75, 3.05) is 0 Å². The van der Waals surface area contributed by atoms with Gasteiger partial charge in [-0.25, -0.2) is 0 Å². The van der Waals surface area contributed by atoms with Crippen LogP contribution >= 0.6 is 0 Å². The van der Waals surface area contributed by atoms with E-state index in [1.807, 2.05) is 60.7 Å². The van der Waals surface area contributed by atoms with Gasteiger partial charge in [-0.15, -0.1) is 0 Å². The van der Waals surface area contributed by atoms with Crippen LogP contribution in [0.25, 0.3) is 0 Å². The molecule has 220 valence electrons. The van der Waals surface area contributed by atoms with Gasteiger partial charge in [0.1, 0.15) is 0 Å². The molecule has 4 atom stereocenters. The van der Waals surface area contributed by atoms with E-state index in [1.54, 1.807) is 13.8 Å². The fraction of sp³-hybridized carbons (Fsp3) is 0.438. The molecule has 2 heterocycles. The minimum Gasteiger partial charge on any atom is -0.390 e. The SMILES string of the molecule is CC(C)(O)[C@@H]1C[C@@]2(c3ccccc3)[C@H](OCc3cc(C(F)(F)F)cc(C(F)(F)F)c3)CC[C@@H]1N2Cc1ccccc1. The Labute approximate surface area is 235 Å². The fourth-order valence-corrected chi connectivity index (χ4v) is 6.81. The number of nitrogens with zero attached hydrogens (tertiary/aromatic N) is 1. The highest BCUT2D eigenvalue weighted by molar-refractivity contribution is 5.35. The van der Waals surface area contributed by atoms with Crippen molar-refractivity contribution in [1.82, 2.24) is 4.90 Å². The maximum absolute atomic E-state index is 13.5. The molecule has 0 saturated carbocycles. The van der Waals surface area contributed by atoms with Crippen LogP contribution in [0.4, 0.5) is 26.3 Å². The van der Waals surface area contributed by atoms with Crippen molar-refractivity contribution in [3.05, 3.63) is 107 Å². The van der Waals surface area contributed by atoms with E-state index in [2.05, 4.69) is 4.90 Å². The molecule has 0 unspecified atom stereocenters. The van der Waals surface area contributed by atoms with Crippen LogP contribution in [0.5, 0.6) is 0 Å². The summed E-state index contributed by atoms with van der Waals surface area (Å²) in [7, 11) is 0. The summed E-state index contributed by atoms with van der Waals surface area (Å²) in [5.41, 5.74) is -2.68. The van der Waals surface area contributed by atoms with E-state index in [0.717, 1.165) is 23.3 Å². The number of halogens is 6. The standard InChI is InChI=1S/C32H33F6NO2/c1-29(2,40)26-18-30(23-11-7-4-8-12-23)28(14-13-27(26)39(30)19-21-9-5-3-6-10-21)41-20-22-15-24(31(33,34)35)17-25(16-22)32(36,37)38/h3-12,15-17,26-28,40H,13-14,18-20H2,1-2H3/t26-,27+,28-,30-/m1/s1. The third-order valence-electron chi connectivity index (χ3n) is 8.64. The molecule has 2 aliphatic rings. The topological polar surface area (TPSA) is 32.7 Å². The first kappa shape index (κ1) is 29.6. The molecule has 2 aliphatic heterocycles. The van der Waals surface area contributed by atoms with E-state index in [9.17, 15) is 31.4 Å². The average molecular weight is 578 g/mol. The molecule has 3 aromatic rings. The van der Waals surface area contributed by atoms with Crippen LogP contribution in [-0.4, -0.2) is 27.8 Å². The van der Waals surface area contributed by atoms with Crippen molar-refractivity contribution < 1.29 is 36.2 Å². The van der Waals surface area contributed by atoms with Gasteiger partial charge in [-0.1, -0.05) is 60.7 Å². The molecule has 0 aliphatic carbocycles. The first-order valence-corrected chi connectivity index (χ1v) is 13.7. The van der Waals surface area contributed by atoms with Gasteiger partial charge in [0, 0.05) is 18.5 Å². The van der Waals surface area contributed by atoms with Gasteiger partial charge < -0.3 is 9.84 Å². The highest BCUT2D eigenvalue weighted by Crippen LogP contribution is 2.57. The monoisotopic (exact) mass is 577 g/mol. The lowest BCUT2D eigenvalue weighted by atomic mass is 9.77. The maximum atomic E-state index is 13.5. The number of benzene rings is 3. The number of fused-ring (bicyclic) bond motifs is 2. The summed E-state index contributed by atoms with van der Waals surface area (Å²) in [6.45, 7) is 3.71. The van der Waals surface area contributed by atoms with Gasteiger partial charge in [0.15, 0.2) is 0 Å². The summed E-state index contributed by atoms with van der Waals surface area (Å²) in [5, 5.41) is 11.2. The molecule has 41 heavy (non-hydrogen) atoms. The molecule has 0 radical (unpaired) electrons. The molecule has 2 bridgehead atoms. The van der Waals surface area contributed by atoms with E-state index in [1.165, 1.54) is 0 Å². The number of rotatable bonds is 7. The minimum absolute atomic E-state index is 0.000603. The fourth-order valence-electron chi connectivity index (χ4n) is 6.81. The minimum atomic E-state index is -4.93. The van der Waals surface area contributed by atoms with Gasteiger partial charge in [-0.05, 0) is 68.0 Å². The molecular weight excluding hydrogens is 544 g/mol. The van der Waals surface area contributed by atoms with Crippen molar-refractivity contribution in [2.45, 2.75) is 81.9 Å². The summed E-state index contributed by atoms with van der Waals surface area (Å²) in [4.78, 5) is 2.34. The highest BCUT2D eigenvalue weighted by atomic mass is 19.4. The molecule has 0 aromatic heterocycles. The Morgan fingerprint density at radius 3 is 1.90 bits per heavy atom. The van der Waals surface area contributed by atoms with Crippen LogP contribution in [-0.2, 0) is 35.8 Å². The van der Waals surface area contributed by atoms with Gasteiger partial charge >= 0.3 is 12.4 Å². The first-order valence-electron chi connectivity index (χ1n) is 13.7. The molecular formula is C32H33F6NO2. The predicted molar refractivity (Wildman–Crippen MR) is 143 cm³/mol. The molecule has 5 rings (SSSR count). The Morgan fingerprint density at radius 1 is 0.805 bits per heavy atom. The zero-order valence-corrected chi connectivity index (χ0v) is 22.8. The second-order valence-corrected chi connectivity index (χ2v) is 11.7. The smallest absolute Gasteiger partial charge is 0.390 e. The van der Waals surface area contributed by atoms with E-state index in [4.69, 9.17) is 4.74 Å². The lowest BCUT2D eigenvalue weighted by molar-refractivity contribution is -0.143. The van der Waals surface area contributed by atoms with Gasteiger partial charge in [0.2, 0.25) is 0 Å². The molecule has 3 aromatic carbocycles. The lowest BCUT2D eigenvalue weighted by Crippen LogP contribution is -2.56. The van der Waals surface area contributed by atoms with Crippen molar-refractivity contribution in [2.24, 2.45) is 5.92 Å². The third kappa shape index (κ3) is 5.90. The zero-order valence-electron chi connectivity index (χ0n) is 22.8. The van der Waals surface area contributed by atoms with Crippen LogP contribution < -0.4 is 0 Å². The summed E-state index contributed by atoms with van der Waals surface area (Å²) < 4.78 is 87.4. The average Bonchev–Trinajstić information content (AvgIpc) is 3.12. The number of alkyl halides is 6. The van der Waals surface area contributed by atoms with Gasteiger partial charge in [0.05, 0.1) is 35.0 Å². The van der Waals surface area contributed by atoms with E-state index < -0.39 is 47.3 Å². The number of piperidine rings is 1. The summed E-state index contributed by atoms with van der Waals surface area (Å²) >= 11 is 0. The van der Waals surface area contributed by atoms with Crippen molar-refractivity contribution in [3.63, 3.8) is 0 Å². The number of hydrogen-bond donors (Lipinski definition) is 1. The molecule has 2 saturated heterocycles. The largest absolute Gasteiger partial charge is 0.416 e. The van der Waals surface area contributed by atoms with Crippen LogP contribution in [0.15, 0.2) is 78.9 Å². The molecule has 2 fully saturated rings. The van der Waals surface area contributed by atoms with Gasteiger partial charge in [0.25, 0.3) is 0 Å². The normalized spacial score (nSPS) is 25.4. The second kappa shape index (κ2) is 10.7. The first-order chi connectivity index (χ1) is 19.2. The van der Waals surface area contributed by atoms with Gasteiger partial charge in [-0.3, -0.25) is 4.90 Å².